The molecule has 3 rings (SSSR count). The lowest BCUT2D eigenvalue weighted by atomic mass is 9.87. The highest BCUT2D eigenvalue weighted by molar-refractivity contribution is 7.99. The molecule has 0 bridgehead atoms. The summed E-state index contributed by atoms with van der Waals surface area (Å²) in [5, 5.41) is 16.0. The van der Waals surface area contributed by atoms with E-state index in [1.54, 1.807) is 11.3 Å². The second-order valence-electron chi connectivity index (χ2n) is 7.79. The first-order valence-corrected chi connectivity index (χ1v) is 11.3. The molecule has 0 saturated carbocycles. The van der Waals surface area contributed by atoms with Crippen LogP contribution in [-0.4, -0.2) is 32.5 Å². The molecule has 0 aliphatic rings. The fourth-order valence-electron chi connectivity index (χ4n) is 2.73. The van der Waals surface area contributed by atoms with Crippen molar-refractivity contribution in [2.45, 2.75) is 37.9 Å². The van der Waals surface area contributed by atoms with Crippen molar-refractivity contribution in [1.82, 2.24) is 25.4 Å². The van der Waals surface area contributed by atoms with Crippen LogP contribution in [0, 0.1) is 0 Å². The molecule has 0 radical (unpaired) electrons. The number of amides is 3. The number of benzene rings is 1. The number of hydrogen-bond donors (Lipinski definition) is 2. The summed E-state index contributed by atoms with van der Waals surface area (Å²) in [6.07, 6.45) is 0. The van der Waals surface area contributed by atoms with Gasteiger partial charge in [-0.15, -0.1) is 21.5 Å². The van der Waals surface area contributed by atoms with E-state index < -0.39 is 6.03 Å². The highest BCUT2D eigenvalue weighted by atomic mass is 32.2. The summed E-state index contributed by atoms with van der Waals surface area (Å²) in [6, 6.07) is 11.6. The molecule has 30 heavy (non-hydrogen) atoms. The van der Waals surface area contributed by atoms with Gasteiger partial charge in [-0.2, -0.15) is 0 Å². The van der Waals surface area contributed by atoms with E-state index in [4.69, 9.17) is 0 Å². The molecule has 1 aromatic carbocycles. The number of urea groups is 1. The molecule has 0 aliphatic carbocycles. The van der Waals surface area contributed by atoms with Crippen LogP contribution in [-0.2, 0) is 23.8 Å². The van der Waals surface area contributed by atoms with Crippen molar-refractivity contribution in [2.75, 3.05) is 5.75 Å². The Labute approximate surface area is 184 Å². The fraction of sp³-hybridized carbons (Fsp3) is 0.333. The Morgan fingerprint density at radius 2 is 1.87 bits per heavy atom. The van der Waals surface area contributed by atoms with Crippen molar-refractivity contribution in [3.8, 4) is 11.4 Å². The molecule has 0 unspecified atom stereocenters. The molecule has 0 saturated heterocycles. The molecule has 2 aromatic heterocycles. The van der Waals surface area contributed by atoms with E-state index in [1.807, 2.05) is 41.3 Å². The Morgan fingerprint density at radius 3 is 2.50 bits per heavy atom. The van der Waals surface area contributed by atoms with Crippen LogP contribution in [0.3, 0.4) is 0 Å². The standard InChI is InChI=1S/C21H25N5O2S2/c1-21(2,3)15-9-7-14(8-10-15)18-24-25-20(26(18)4)30-13-17(27)23-19(28)22-12-16-6-5-11-29-16/h5-11H,12-13H2,1-4H3,(H2,22,23,27,28). The summed E-state index contributed by atoms with van der Waals surface area (Å²) < 4.78 is 1.85. The molecule has 158 valence electrons. The van der Waals surface area contributed by atoms with Gasteiger partial charge < -0.3 is 9.88 Å². The second kappa shape index (κ2) is 9.44. The third kappa shape index (κ3) is 5.70. The van der Waals surface area contributed by atoms with Crippen LogP contribution in [0.25, 0.3) is 11.4 Å². The minimum atomic E-state index is -0.508. The lowest BCUT2D eigenvalue weighted by Gasteiger charge is -2.19. The molecule has 0 atom stereocenters. The molecule has 9 heteroatoms. The van der Waals surface area contributed by atoms with Crippen molar-refractivity contribution in [2.24, 2.45) is 7.05 Å². The van der Waals surface area contributed by atoms with Gasteiger partial charge in [0, 0.05) is 17.5 Å². The molecule has 3 aromatic rings. The number of thiophene rings is 1. The summed E-state index contributed by atoms with van der Waals surface area (Å²) >= 11 is 2.78. The molecule has 2 heterocycles. The van der Waals surface area contributed by atoms with Crippen molar-refractivity contribution < 1.29 is 9.59 Å². The van der Waals surface area contributed by atoms with Crippen molar-refractivity contribution in [3.63, 3.8) is 0 Å². The lowest BCUT2D eigenvalue weighted by molar-refractivity contribution is -0.117. The summed E-state index contributed by atoms with van der Waals surface area (Å²) in [7, 11) is 1.86. The number of carbonyl (C=O) groups excluding carboxylic acids is 2. The molecule has 3 amide bonds. The van der Waals surface area contributed by atoms with Gasteiger partial charge in [0.2, 0.25) is 5.91 Å². The topological polar surface area (TPSA) is 88.9 Å². The van der Waals surface area contributed by atoms with E-state index in [2.05, 4.69) is 53.7 Å². The predicted molar refractivity (Wildman–Crippen MR) is 121 cm³/mol. The van der Waals surface area contributed by atoms with Gasteiger partial charge in [-0.25, -0.2) is 4.79 Å². The van der Waals surface area contributed by atoms with Gasteiger partial charge in [-0.05, 0) is 22.4 Å². The molecular formula is C21H25N5O2S2. The second-order valence-corrected chi connectivity index (χ2v) is 9.77. The zero-order valence-corrected chi connectivity index (χ0v) is 19.1. The van der Waals surface area contributed by atoms with Crippen LogP contribution >= 0.6 is 23.1 Å². The summed E-state index contributed by atoms with van der Waals surface area (Å²) in [4.78, 5) is 24.9. The van der Waals surface area contributed by atoms with Crippen LogP contribution in [0.15, 0.2) is 46.9 Å². The van der Waals surface area contributed by atoms with E-state index in [0.717, 1.165) is 16.3 Å². The molecule has 7 nitrogen and oxygen atoms in total. The SMILES string of the molecule is Cn1c(SCC(=O)NC(=O)NCc2cccs2)nnc1-c1ccc(C(C)(C)C)cc1. The number of rotatable bonds is 6. The Balaban J connectivity index is 1.53. The van der Waals surface area contributed by atoms with Gasteiger partial charge in [0.15, 0.2) is 11.0 Å². The number of hydrogen-bond acceptors (Lipinski definition) is 6. The number of imide groups is 1. The van der Waals surface area contributed by atoms with Crippen molar-refractivity contribution in [1.29, 1.82) is 0 Å². The van der Waals surface area contributed by atoms with E-state index in [0.29, 0.717) is 11.7 Å². The van der Waals surface area contributed by atoms with Gasteiger partial charge in [-0.1, -0.05) is 62.9 Å². The first kappa shape index (κ1) is 22.0. The molecule has 2 N–H and O–H groups in total. The van der Waals surface area contributed by atoms with Crippen LogP contribution in [0.2, 0.25) is 0 Å². The first-order chi connectivity index (χ1) is 14.2. The largest absolute Gasteiger partial charge is 0.333 e. The van der Waals surface area contributed by atoms with Gasteiger partial charge in [0.1, 0.15) is 0 Å². The summed E-state index contributed by atoms with van der Waals surface area (Å²) in [5.41, 5.74) is 2.29. The number of carbonyl (C=O) groups is 2. The van der Waals surface area contributed by atoms with Crippen LogP contribution in [0.1, 0.15) is 31.2 Å². The van der Waals surface area contributed by atoms with E-state index in [1.165, 1.54) is 17.3 Å². The Hall–Kier alpha value is -2.65. The molecular weight excluding hydrogens is 418 g/mol. The maximum Gasteiger partial charge on any atom is 0.321 e. The third-order valence-corrected chi connectivity index (χ3v) is 6.33. The number of nitrogens with one attached hydrogen (secondary N) is 2. The predicted octanol–water partition coefficient (Wildman–Crippen LogP) is 3.96. The van der Waals surface area contributed by atoms with Gasteiger partial charge in [0.25, 0.3) is 0 Å². The maximum absolute atomic E-state index is 12.1. The van der Waals surface area contributed by atoms with E-state index in [9.17, 15) is 9.59 Å². The minimum Gasteiger partial charge on any atom is -0.333 e. The summed E-state index contributed by atoms with van der Waals surface area (Å²) in [5.74, 6) is 0.413. The smallest absolute Gasteiger partial charge is 0.321 e. The monoisotopic (exact) mass is 443 g/mol. The van der Waals surface area contributed by atoms with E-state index in [-0.39, 0.29) is 17.1 Å². The average Bonchev–Trinajstić information content (AvgIpc) is 3.34. The highest BCUT2D eigenvalue weighted by Gasteiger charge is 2.16. The molecule has 0 aliphatic heterocycles. The number of aromatic nitrogens is 3. The average molecular weight is 444 g/mol. The Bertz CT molecular complexity index is 1010. The Morgan fingerprint density at radius 1 is 1.13 bits per heavy atom. The van der Waals surface area contributed by atoms with Crippen LogP contribution in [0.5, 0.6) is 0 Å². The molecule has 0 fully saturated rings. The van der Waals surface area contributed by atoms with E-state index >= 15 is 0 Å². The van der Waals surface area contributed by atoms with Gasteiger partial charge >= 0.3 is 6.03 Å². The van der Waals surface area contributed by atoms with Crippen LogP contribution in [0.4, 0.5) is 4.79 Å². The van der Waals surface area contributed by atoms with Gasteiger partial charge in [0.05, 0.1) is 12.3 Å². The minimum absolute atomic E-state index is 0.0708. The first-order valence-electron chi connectivity index (χ1n) is 9.47. The normalized spacial score (nSPS) is 11.3. The highest BCUT2D eigenvalue weighted by Crippen LogP contribution is 2.26. The summed E-state index contributed by atoms with van der Waals surface area (Å²) in [6.45, 7) is 6.91. The third-order valence-electron chi connectivity index (χ3n) is 4.43. The quantitative estimate of drug-likeness (QED) is 0.563. The van der Waals surface area contributed by atoms with Crippen molar-refractivity contribution >= 4 is 35.0 Å². The van der Waals surface area contributed by atoms with Gasteiger partial charge in [-0.3, -0.25) is 10.1 Å². The van der Waals surface area contributed by atoms with Crippen molar-refractivity contribution in [3.05, 3.63) is 52.2 Å². The zero-order valence-electron chi connectivity index (χ0n) is 17.4. The lowest BCUT2D eigenvalue weighted by Crippen LogP contribution is -2.39. The fourth-order valence-corrected chi connectivity index (χ4v) is 4.08. The molecule has 0 spiro atoms. The number of thioether (sulfide) groups is 1. The maximum atomic E-state index is 12.1. The van der Waals surface area contributed by atoms with Crippen LogP contribution < -0.4 is 10.6 Å². The zero-order chi connectivity index (χ0) is 21.7. The number of nitrogens with zero attached hydrogens (tertiary/aromatic N) is 3. The Kier molecular flexibility index (Phi) is 6.94.